The molecule has 0 aliphatic carbocycles. The minimum atomic E-state index is -0.0201. The Labute approximate surface area is 115 Å². The Morgan fingerprint density at radius 2 is 2.11 bits per heavy atom. The van der Waals surface area contributed by atoms with Crippen LogP contribution in [0.25, 0.3) is 0 Å². The van der Waals surface area contributed by atoms with Crippen LogP contribution in [0.5, 0.6) is 11.5 Å². The van der Waals surface area contributed by atoms with E-state index in [2.05, 4.69) is 4.98 Å². The summed E-state index contributed by atoms with van der Waals surface area (Å²) in [6, 6.07) is 5.16. The lowest BCUT2D eigenvalue weighted by molar-refractivity contribution is 0.299. The Hall–Kier alpha value is -2.08. The van der Waals surface area contributed by atoms with E-state index in [1.807, 2.05) is 12.3 Å². The van der Waals surface area contributed by atoms with E-state index >= 15 is 0 Å². The average molecular weight is 277 g/mol. The predicted molar refractivity (Wildman–Crippen MR) is 75.2 cm³/mol. The van der Waals surface area contributed by atoms with Crippen molar-refractivity contribution in [3.63, 3.8) is 0 Å². The zero-order valence-corrected chi connectivity index (χ0v) is 11.6. The van der Waals surface area contributed by atoms with E-state index in [1.54, 1.807) is 36.6 Å². The van der Waals surface area contributed by atoms with Gasteiger partial charge in [-0.25, -0.2) is 4.98 Å². The number of nitrogens with two attached hydrogens (primary N) is 1. The number of rotatable bonds is 5. The van der Waals surface area contributed by atoms with Crippen LogP contribution in [0, 0.1) is 12.3 Å². The maximum Gasteiger partial charge on any atom is 0.131 e. The Kier molecular flexibility index (Phi) is 4.01. The van der Waals surface area contributed by atoms with E-state index in [0.29, 0.717) is 23.7 Å². The summed E-state index contributed by atoms with van der Waals surface area (Å²) in [6.45, 7) is 2.34. The van der Waals surface area contributed by atoms with Crippen LogP contribution in [0.1, 0.15) is 16.3 Å². The highest BCUT2D eigenvalue weighted by molar-refractivity contribution is 7.09. The molecule has 5 nitrogen and oxygen atoms in total. The van der Waals surface area contributed by atoms with Crippen LogP contribution < -0.4 is 15.2 Å². The highest BCUT2D eigenvalue weighted by Crippen LogP contribution is 2.23. The third-order valence-corrected chi connectivity index (χ3v) is 3.30. The molecule has 0 aliphatic heterocycles. The number of nitrogens with zero attached hydrogens (tertiary/aromatic N) is 1. The molecule has 1 aromatic heterocycles. The molecule has 2 rings (SSSR count). The summed E-state index contributed by atoms with van der Waals surface area (Å²) in [5, 5.41) is 10.4. The first kappa shape index (κ1) is 13.4. The molecule has 3 N–H and O–H groups in total. The molecule has 0 bridgehead atoms. The fourth-order valence-electron chi connectivity index (χ4n) is 1.56. The van der Waals surface area contributed by atoms with E-state index < -0.39 is 0 Å². The molecule has 19 heavy (non-hydrogen) atoms. The van der Waals surface area contributed by atoms with Gasteiger partial charge in [-0.3, -0.25) is 5.41 Å². The van der Waals surface area contributed by atoms with Crippen LogP contribution in [0.15, 0.2) is 23.6 Å². The Morgan fingerprint density at radius 1 is 1.37 bits per heavy atom. The van der Waals surface area contributed by atoms with Crippen molar-refractivity contribution in [2.75, 3.05) is 7.11 Å². The van der Waals surface area contributed by atoms with Crippen LogP contribution in [-0.2, 0) is 6.61 Å². The summed E-state index contributed by atoms with van der Waals surface area (Å²) >= 11 is 1.59. The lowest BCUT2D eigenvalue weighted by Gasteiger charge is -2.09. The van der Waals surface area contributed by atoms with Gasteiger partial charge < -0.3 is 15.2 Å². The van der Waals surface area contributed by atoms with Crippen molar-refractivity contribution in [1.82, 2.24) is 4.98 Å². The van der Waals surface area contributed by atoms with Crippen molar-refractivity contribution >= 4 is 17.2 Å². The first-order valence-electron chi connectivity index (χ1n) is 5.66. The number of hydrogen-bond donors (Lipinski definition) is 2. The van der Waals surface area contributed by atoms with Gasteiger partial charge in [-0.1, -0.05) is 0 Å². The number of aromatic nitrogens is 1. The van der Waals surface area contributed by atoms with Gasteiger partial charge in [-0.2, -0.15) is 0 Å². The normalized spacial score (nSPS) is 10.2. The van der Waals surface area contributed by atoms with Gasteiger partial charge in [0.25, 0.3) is 0 Å². The minimum absolute atomic E-state index is 0.0201. The summed E-state index contributed by atoms with van der Waals surface area (Å²) < 4.78 is 10.8. The van der Waals surface area contributed by atoms with E-state index in [4.69, 9.17) is 20.6 Å². The van der Waals surface area contributed by atoms with Crippen molar-refractivity contribution < 1.29 is 9.47 Å². The van der Waals surface area contributed by atoms with E-state index in [9.17, 15) is 0 Å². The predicted octanol–water partition coefficient (Wildman–Crippen LogP) is 2.32. The monoisotopic (exact) mass is 277 g/mol. The van der Waals surface area contributed by atoms with Crippen molar-refractivity contribution in [1.29, 1.82) is 5.41 Å². The molecule has 0 unspecified atom stereocenters. The molecular weight excluding hydrogens is 262 g/mol. The number of amidine groups is 1. The molecule has 0 saturated heterocycles. The van der Waals surface area contributed by atoms with Crippen LogP contribution >= 0.6 is 11.3 Å². The van der Waals surface area contributed by atoms with Crippen LogP contribution in [0.2, 0.25) is 0 Å². The quantitative estimate of drug-likeness (QED) is 0.649. The first-order chi connectivity index (χ1) is 9.08. The fraction of sp³-hybridized carbons (Fsp3) is 0.231. The van der Waals surface area contributed by atoms with Gasteiger partial charge in [0.2, 0.25) is 0 Å². The fourth-order valence-corrected chi connectivity index (χ4v) is 2.16. The molecule has 100 valence electrons. The molecule has 0 fully saturated rings. The second kappa shape index (κ2) is 5.71. The van der Waals surface area contributed by atoms with Crippen molar-refractivity contribution in [3.05, 3.63) is 39.8 Å². The maximum atomic E-state index is 7.46. The number of nitrogens with one attached hydrogen (secondary N) is 1. The second-order valence-electron chi connectivity index (χ2n) is 3.96. The zero-order chi connectivity index (χ0) is 13.8. The highest BCUT2D eigenvalue weighted by Gasteiger charge is 2.06. The molecule has 0 saturated carbocycles. The molecule has 0 aliphatic rings. The SMILES string of the molecule is COc1cc(OCc2csc(C)n2)cc(C(=N)N)c1. The van der Waals surface area contributed by atoms with Crippen LogP contribution in [0.4, 0.5) is 0 Å². The third kappa shape index (κ3) is 3.45. The number of aryl methyl sites for hydroxylation is 1. The Morgan fingerprint density at radius 3 is 2.68 bits per heavy atom. The number of hydrogen-bond acceptors (Lipinski definition) is 5. The topological polar surface area (TPSA) is 81.2 Å². The summed E-state index contributed by atoms with van der Waals surface area (Å²) in [7, 11) is 1.56. The molecule has 2 aromatic rings. The average Bonchev–Trinajstić information content (AvgIpc) is 2.81. The summed E-state index contributed by atoms with van der Waals surface area (Å²) in [5.74, 6) is 1.20. The van der Waals surface area contributed by atoms with E-state index in [-0.39, 0.29) is 5.84 Å². The van der Waals surface area contributed by atoms with Crippen LogP contribution in [0.3, 0.4) is 0 Å². The molecule has 1 heterocycles. The largest absolute Gasteiger partial charge is 0.497 e. The Bertz CT molecular complexity index is 595. The number of methoxy groups -OCH3 is 1. The summed E-state index contributed by atoms with van der Waals surface area (Å²) in [4.78, 5) is 4.32. The Balaban J connectivity index is 2.15. The third-order valence-electron chi connectivity index (χ3n) is 2.48. The summed E-state index contributed by atoms with van der Waals surface area (Å²) in [5.41, 5.74) is 6.94. The molecule has 1 aromatic carbocycles. The standard InChI is InChI=1S/C13H15N3O2S/c1-8-16-10(7-19-8)6-18-12-4-9(13(14)15)3-11(5-12)17-2/h3-5,7H,6H2,1-2H3,(H3,14,15). The number of benzene rings is 1. The molecule has 0 spiro atoms. The number of thiazole rings is 1. The number of ether oxygens (including phenoxy) is 2. The van der Waals surface area contributed by atoms with Gasteiger partial charge in [0.15, 0.2) is 0 Å². The lowest BCUT2D eigenvalue weighted by atomic mass is 10.2. The molecule has 6 heteroatoms. The summed E-state index contributed by atoms with van der Waals surface area (Å²) in [6.07, 6.45) is 0. The number of nitrogen functional groups attached to an aromatic ring is 1. The molecule has 0 amide bonds. The van der Waals surface area contributed by atoms with Crippen molar-refractivity contribution in [2.24, 2.45) is 5.73 Å². The smallest absolute Gasteiger partial charge is 0.131 e. The van der Waals surface area contributed by atoms with Gasteiger partial charge in [0.1, 0.15) is 23.9 Å². The zero-order valence-electron chi connectivity index (χ0n) is 10.8. The van der Waals surface area contributed by atoms with Gasteiger partial charge >= 0.3 is 0 Å². The van der Waals surface area contributed by atoms with Gasteiger partial charge in [-0.05, 0) is 19.1 Å². The van der Waals surface area contributed by atoms with Gasteiger partial charge in [0, 0.05) is 17.0 Å². The molecule has 0 radical (unpaired) electrons. The first-order valence-corrected chi connectivity index (χ1v) is 6.53. The highest BCUT2D eigenvalue weighted by atomic mass is 32.1. The van der Waals surface area contributed by atoms with Gasteiger partial charge in [-0.15, -0.1) is 11.3 Å². The van der Waals surface area contributed by atoms with E-state index in [1.165, 1.54) is 0 Å². The lowest BCUT2D eigenvalue weighted by Crippen LogP contribution is -2.11. The maximum absolute atomic E-state index is 7.46. The van der Waals surface area contributed by atoms with Crippen molar-refractivity contribution in [3.8, 4) is 11.5 Å². The van der Waals surface area contributed by atoms with Gasteiger partial charge in [0.05, 0.1) is 17.8 Å². The second-order valence-corrected chi connectivity index (χ2v) is 5.02. The molecular formula is C13H15N3O2S. The van der Waals surface area contributed by atoms with E-state index in [0.717, 1.165) is 10.7 Å². The van der Waals surface area contributed by atoms with Crippen LogP contribution in [-0.4, -0.2) is 17.9 Å². The molecule has 0 atom stereocenters. The minimum Gasteiger partial charge on any atom is -0.497 e. The van der Waals surface area contributed by atoms with Crippen molar-refractivity contribution in [2.45, 2.75) is 13.5 Å².